The number of rotatable bonds is 22. The molecule has 0 aliphatic carbocycles. The highest BCUT2D eigenvalue weighted by Crippen LogP contribution is 2.03. The van der Waals surface area contributed by atoms with Crippen molar-refractivity contribution in [2.75, 3.05) is 73.0 Å². The van der Waals surface area contributed by atoms with Crippen LogP contribution in [0.3, 0.4) is 0 Å². The van der Waals surface area contributed by atoms with Gasteiger partial charge in [-0.2, -0.15) is 0 Å². The Morgan fingerprint density at radius 2 is 1.45 bits per heavy atom. The lowest BCUT2D eigenvalue weighted by molar-refractivity contribution is -0.126. The third-order valence-corrected chi connectivity index (χ3v) is 4.11. The maximum absolute atomic E-state index is 11.7. The van der Waals surface area contributed by atoms with E-state index in [1.807, 2.05) is 6.92 Å². The Kier molecular flexibility index (Phi) is 20.3. The van der Waals surface area contributed by atoms with Crippen LogP contribution in [0.1, 0.15) is 32.6 Å². The Bertz CT molecular complexity index is 478. The molecule has 0 aromatic heterocycles. The van der Waals surface area contributed by atoms with Crippen molar-refractivity contribution >= 4 is 11.8 Å². The van der Waals surface area contributed by atoms with Crippen LogP contribution in [0.5, 0.6) is 0 Å². The summed E-state index contributed by atoms with van der Waals surface area (Å²) < 4.78 is 21.5. The minimum Gasteiger partial charge on any atom is -0.511 e. The molecule has 0 radical (unpaired) electrons. The number of nitrogens with one attached hydrogen (secondary N) is 3. The van der Waals surface area contributed by atoms with Gasteiger partial charge in [-0.05, 0) is 26.3 Å². The Hall–Kier alpha value is -1.72. The summed E-state index contributed by atoms with van der Waals surface area (Å²) in [5.74, 6) is -0.165. The van der Waals surface area contributed by atoms with Crippen LogP contribution < -0.4 is 16.0 Å². The number of aliphatic hydroxyl groups is 1. The van der Waals surface area contributed by atoms with Crippen LogP contribution >= 0.6 is 0 Å². The molecule has 0 aliphatic rings. The van der Waals surface area contributed by atoms with Crippen molar-refractivity contribution in [2.45, 2.75) is 38.6 Å². The Balaban J connectivity index is 3.29. The fourth-order valence-corrected chi connectivity index (χ4v) is 2.39. The lowest BCUT2D eigenvalue weighted by atomic mass is 10.1. The van der Waals surface area contributed by atoms with Gasteiger partial charge in [-0.1, -0.05) is 13.5 Å². The zero-order chi connectivity index (χ0) is 23.2. The van der Waals surface area contributed by atoms with E-state index < -0.39 is 0 Å². The maximum atomic E-state index is 11.7. The highest BCUT2D eigenvalue weighted by Gasteiger charge is 2.11. The second-order valence-electron chi connectivity index (χ2n) is 6.81. The van der Waals surface area contributed by atoms with Crippen molar-refractivity contribution < 1.29 is 33.6 Å². The number of likely N-dealkylation sites (N-methyl/N-ethyl adjacent to an activating group) is 1. The van der Waals surface area contributed by atoms with E-state index in [1.54, 1.807) is 7.05 Å². The zero-order valence-corrected chi connectivity index (χ0v) is 19.1. The smallest absolute Gasteiger partial charge is 0.245 e. The molecule has 1 unspecified atom stereocenters. The van der Waals surface area contributed by atoms with E-state index in [9.17, 15) is 14.7 Å². The number of ether oxygens (including phenoxy) is 4. The maximum Gasteiger partial charge on any atom is 0.245 e. The van der Waals surface area contributed by atoms with Crippen LogP contribution in [0.2, 0.25) is 0 Å². The topological polar surface area (TPSA) is 127 Å². The minimum absolute atomic E-state index is 0.0304. The Morgan fingerprint density at radius 3 is 2.03 bits per heavy atom. The van der Waals surface area contributed by atoms with Gasteiger partial charge in [-0.15, -0.1) is 0 Å². The molecule has 2 amide bonds. The predicted molar refractivity (Wildman–Crippen MR) is 118 cm³/mol. The Labute approximate surface area is 186 Å². The summed E-state index contributed by atoms with van der Waals surface area (Å²) >= 11 is 0. The van der Waals surface area contributed by atoms with Gasteiger partial charge in [0.05, 0.1) is 39.1 Å². The molecular formula is C21H41N3O7. The van der Waals surface area contributed by atoms with Crippen LogP contribution in [-0.2, 0) is 28.5 Å². The highest BCUT2D eigenvalue weighted by atomic mass is 16.5. The van der Waals surface area contributed by atoms with Crippen molar-refractivity contribution in [3.8, 4) is 0 Å². The number of hydrogen-bond acceptors (Lipinski definition) is 8. The molecule has 1 atom stereocenters. The second-order valence-corrected chi connectivity index (χ2v) is 6.81. The standard InChI is InChI=1S/C21H41N3O7/c1-4-8-23-21(27)17-31-16-15-29-11-5-10-28-13-14-30-12-9-24-20(26)7-6-19(22-3)18(2)25/h19,22,25H,2,4-17H2,1,3H3,(H,23,27)(H,24,26). The third-order valence-electron chi connectivity index (χ3n) is 4.11. The average Bonchev–Trinajstić information content (AvgIpc) is 2.75. The van der Waals surface area contributed by atoms with Crippen LogP contribution in [0.4, 0.5) is 0 Å². The fourth-order valence-electron chi connectivity index (χ4n) is 2.39. The van der Waals surface area contributed by atoms with Gasteiger partial charge in [0.2, 0.25) is 11.8 Å². The Morgan fingerprint density at radius 1 is 0.871 bits per heavy atom. The molecule has 0 bridgehead atoms. The van der Waals surface area contributed by atoms with E-state index in [2.05, 4.69) is 22.5 Å². The first-order valence-corrected chi connectivity index (χ1v) is 10.9. The van der Waals surface area contributed by atoms with Gasteiger partial charge in [0, 0.05) is 32.7 Å². The predicted octanol–water partition coefficient (Wildman–Crippen LogP) is 0.525. The van der Waals surface area contributed by atoms with Crippen molar-refractivity contribution in [3.05, 3.63) is 12.3 Å². The molecule has 10 heteroatoms. The first-order valence-electron chi connectivity index (χ1n) is 10.9. The molecule has 0 aliphatic heterocycles. The van der Waals surface area contributed by atoms with Crippen molar-refractivity contribution in [1.29, 1.82) is 0 Å². The monoisotopic (exact) mass is 447 g/mol. The molecule has 31 heavy (non-hydrogen) atoms. The van der Waals surface area contributed by atoms with Gasteiger partial charge in [0.25, 0.3) is 0 Å². The molecule has 0 heterocycles. The van der Waals surface area contributed by atoms with Gasteiger partial charge >= 0.3 is 0 Å². The number of carbonyl (C=O) groups excluding carboxylic acids is 2. The molecule has 10 nitrogen and oxygen atoms in total. The quantitative estimate of drug-likeness (QED) is 0.140. The summed E-state index contributed by atoms with van der Waals surface area (Å²) in [7, 11) is 1.71. The molecule has 4 N–H and O–H groups in total. The number of amides is 2. The van der Waals surface area contributed by atoms with Crippen LogP contribution in [0.25, 0.3) is 0 Å². The minimum atomic E-state index is -0.276. The van der Waals surface area contributed by atoms with E-state index in [0.29, 0.717) is 72.2 Å². The third kappa shape index (κ3) is 20.0. The molecule has 0 saturated carbocycles. The van der Waals surface area contributed by atoms with Crippen LogP contribution in [0.15, 0.2) is 12.3 Å². The molecular weight excluding hydrogens is 406 g/mol. The van der Waals surface area contributed by atoms with Crippen molar-refractivity contribution in [2.24, 2.45) is 0 Å². The fraction of sp³-hybridized carbons (Fsp3) is 0.810. The number of hydrogen-bond donors (Lipinski definition) is 4. The van der Waals surface area contributed by atoms with Gasteiger partial charge in [-0.3, -0.25) is 9.59 Å². The molecule has 0 aromatic carbocycles. The van der Waals surface area contributed by atoms with E-state index in [4.69, 9.17) is 18.9 Å². The summed E-state index contributed by atoms with van der Waals surface area (Å²) in [5.41, 5.74) is 0. The second kappa shape index (κ2) is 21.5. The summed E-state index contributed by atoms with van der Waals surface area (Å²) in [5, 5.41) is 17.7. The molecule has 0 fully saturated rings. The molecule has 0 rings (SSSR count). The largest absolute Gasteiger partial charge is 0.511 e. The van der Waals surface area contributed by atoms with E-state index >= 15 is 0 Å². The number of aliphatic hydroxyl groups excluding tert-OH is 1. The SMILES string of the molecule is C=C(O)C(CCC(=O)NCCOCCOCCCOCCOCC(=O)NCCC)NC. The van der Waals surface area contributed by atoms with E-state index in [1.165, 1.54) is 0 Å². The first kappa shape index (κ1) is 29.3. The van der Waals surface area contributed by atoms with Gasteiger partial charge in [0.15, 0.2) is 0 Å². The van der Waals surface area contributed by atoms with Crippen molar-refractivity contribution in [1.82, 2.24) is 16.0 Å². The summed E-state index contributed by atoms with van der Waals surface area (Å²) in [6.45, 7) is 9.94. The van der Waals surface area contributed by atoms with Crippen LogP contribution in [0, 0.1) is 0 Å². The molecule has 0 aromatic rings. The van der Waals surface area contributed by atoms with Crippen molar-refractivity contribution in [3.63, 3.8) is 0 Å². The summed E-state index contributed by atoms with van der Waals surface area (Å²) in [6, 6.07) is -0.276. The van der Waals surface area contributed by atoms with E-state index in [-0.39, 0.29) is 30.2 Å². The first-order chi connectivity index (χ1) is 15.0. The lowest BCUT2D eigenvalue weighted by Gasteiger charge is -2.14. The lowest BCUT2D eigenvalue weighted by Crippen LogP contribution is -2.32. The zero-order valence-electron chi connectivity index (χ0n) is 19.1. The van der Waals surface area contributed by atoms with Gasteiger partial charge in [-0.25, -0.2) is 0 Å². The average molecular weight is 448 g/mol. The summed E-state index contributed by atoms with van der Waals surface area (Å²) in [4.78, 5) is 23.0. The molecule has 0 spiro atoms. The van der Waals surface area contributed by atoms with Gasteiger partial charge in [0.1, 0.15) is 12.4 Å². The highest BCUT2D eigenvalue weighted by molar-refractivity contribution is 5.77. The number of carbonyl (C=O) groups is 2. The molecule has 0 saturated heterocycles. The van der Waals surface area contributed by atoms with E-state index in [0.717, 1.165) is 12.8 Å². The summed E-state index contributed by atoms with van der Waals surface area (Å²) in [6.07, 6.45) is 2.46. The van der Waals surface area contributed by atoms with Gasteiger partial charge < -0.3 is 40.0 Å². The molecule has 182 valence electrons. The van der Waals surface area contributed by atoms with Crippen LogP contribution in [-0.4, -0.2) is 96.0 Å². The normalized spacial score (nSPS) is 11.8.